The van der Waals surface area contributed by atoms with Crippen LogP contribution in [0.1, 0.15) is 29.4 Å². The summed E-state index contributed by atoms with van der Waals surface area (Å²) in [6, 6.07) is 7.67. The molecule has 0 unspecified atom stereocenters. The highest BCUT2D eigenvalue weighted by atomic mass is 35.5. The molecule has 6 heteroatoms. The normalized spacial score (nSPS) is 14.0. The van der Waals surface area contributed by atoms with Crippen molar-refractivity contribution in [3.8, 4) is 0 Å². The van der Waals surface area contributed by atoms with Crippen molar-refractivity contribution in [2.75, 3.05) is 19.7 Å². The first-order chi connectivity index (χ1) is 11.1. The van der Waals surface area contributed by atoms with Gasteiger partial charge in [-0.3, -0.25) is 9.59 Å². The van der Waals surface area contributed by atoms with Crippen molar-refractivity contribution >= 4 is 44.9 Å². The first-order valence-corrected chi connectivity index (χ1v) is 8.91. The lowest BCUT2D eigenvalue weighted by atomic mass is 10.2. The van der Waals surface area contributed by atoms with E-state index in [9.17, 15) is 9.59 Å². The third-order valence-electron chi connectivity index (χ3n) is 3.82. The molecular formula is C17H18ClNO3S. The second kappa shape index (κ2) is 6.89. The van der Waals surface area contributed by atoms with Crippen molar-refractivity contribution in [3.05, 3.63) is 34.2 Å². The van der Waals surface area contributed by atoms with Crippen molar-refractivity contribution in [2.24, 2.45) is 5.92 Å². The molecule has 1 amide bonds. The Kier molecular flexibility index (Phi) is 4.87. The Morgan fingerprint density at radius 2 is 2.09 bits per heavy atom. The third-order valence-corrected chi connectivity index (χ3v) is 5.48. The van der Waals surface area contributed by atoms with E-state index in [1.54, 1.807) is 11.8 Å². The number of fused-ring (bicyclic) bond motifs is 1. The number of benzene rings is 1. The zero-order valence-electron chi connectivity index (χ0n) is 12.9. The predicted octanol–water partition coefficient (Wildman–Crippen LogP) is 3.97. The molecule has 0 N–H and O–H groups in total. The first kappa shape index (κ1) is 16.3. The molecular weight excluding hydrogens is 334 g/mol. The number of amides is 1. The maximum atomic E-state index is 12.9. The van der Waals surface area contributed by atoms with Gasteiger partial charge in [0, 0.05) is 16.6 Å². The molecule has 0 aliphatic heterocycles. The van der Waals surface area contributed by atoms with Crippen molar-refractivity contribution in [2.45, 2.75) is 19.8 Å². The number of carbonyl (C=O) groups excluding carboxylic acids is 2. The number of ether oxygens (including phenoxy) is 1. The lowest BCUT2D eigenvalue weighted by molar-refractivity contribution is -0.143. The minimum Gasteiger partial charge on any atom is -0.465 e. The number of halogens is 1. The number of hydrogen-bond donors (Lipinski definition) is 0. The summed E-state index contributed by atoms with van der Waals surface area (Å²) < 4.78 is 5.96. The molecule has 0 bridgehead atoms. The van der Waals surface area contributed by atoms with E-state index in [2.05, 4.69) is 0 Å². The van der Waals surface area contributed by atoms with Crippen molar-refractivity contribution < 1.29 is 14.3 Å². The quantitative estimate of drug-likeness (QED) is 0.740. The molecule has 1 aromatic carbocycles. The van der Waals surface area contributed by atoms with Gasteiger partial charge >= 0.3 is 5.97 Å². The van der Waals surface area contributed by atoms with Crippen LogP contribution < -0.4 is 0 Å². The molecule has 23 heavy (non-hydrogen) atoms. The van der Waals surface area contributed by atoms with Gasteiger partial charge in [-0.05, 0) is 31.7 Å². The number of thiophene rings is 1. The Morgan fingerprint density at radius 3 is 2.74 bits per heavy atom. The van der Waals surface area contributed by atoms with Crippen LogP contribution in [0.5, 0.6) is 0 Å². The minimum absolute atomic E-state index is 0.0201. The second-order valence-electron chi connectivity index (χ2n) is 5.68. The van der Waals surface area contributed by atoms with Crippen LogP contribution in [0.15, 0.2) is 24.3 Å². The number of esters is 1. The summed E-state index contributed by atoms with van der Waals surface area (Å²) in [5.74, 6) is -0.0728. The van der Waals surface area contributed by atoms with Gasteiger partial charge in [-0.25, -0.2) is 0 Å². The van der Waals surface area contributed by atoms with Crippen LogP contribution in [0.4, 0.5) is 0 Å². The van der Waals surface area contributed by atoms with Gasteiger partial charge in [0.2, 0.25) is 0 Å². The Bertz CT molecular complexity index is 739. The van der Waals surface area contributed by atoms with Crippen molar-refractivity contribution in [1.82, 2.24) is 4.90 Å². The van der Waals surface area contributed by atoms with Crippen LogP contribution in [0.2, 0.25) is 5.02 Å². The van der Waals surface area contributed by atoms with Crippen molar-refractivity contribution in [1.29, 1.82) is 0 Å². The summed E-state index contributed by atoms with van der Waals surface area (Å²) in [6.07, 6.45) is 2.21. The fraction of sp³-hybridized carbons (Fsp3) is 0.412. The Balaban J connectivity index is 1.85. The molecule has 1 aliphatic carbocycles. The molecule has 0 radical (unpaired) electrons. The number of nitrogens with zero attached hydrogens (tertiary/aromatic N) is 1. The number of hydrogen-bond acceptors (Lipinski definition) is 4. The maximum absolute atomic E-state index is 12.9. The Hall–Kier alpha value is -1.59. The summed E-state index contributed by atoms with van der Waals surface area (Å²) in [5.41, 5.74) is 0. The van der Waals surface area contributed by atoms with Crippen LogP contribution in [0.3, 0.4) is 0 Å². The van der Waals surface area contributed by atoms with Gasteiger partial charge in [0.25, 0.3) is 5.91 Å². The molecule has 3 rings (SSSR count). The zero-order valence-corrected chi connectivity index (χ0v) is 14.5. The van der Waals surface area contributed by atoms with Gasteiger partial charge in [0.05, 0.1) is 11.6 Å². The molecule has 1 aliphatic rings. The monoisotopic (exact) mass is 351 g/mol. The molecule has 0 spiro atoms. The Morgan fingerprint density at radius 1 is 1.35 bits per heavy atom. The minimum atomic E-state index is -0.376. The number of rotatable bonds is 6. The topological polar surface area (TPSA) is 46.6 Å². The maximum Gasteiger partial charge on any atom is 0.325 e. The smallest absolute Gasteiger partial charge is 0.325 e. The zero-order chi connectivity index (χ0) is 16.4. The standard InChI is InChI=1S/C17H18ClNO3S/c1-2-22-14(20)10-19(9-11-7-8-11)17(21)16-15(18)12-5-3-4-6-13(12)23-16/h3-6,11H,2,7-10H2,1H3. The van der Waals surface area contributed by atoms with Gasteiger partial charge < -0.3 is 9.64 Å². The van der Waals surface area contributed by atoms with E-state index in [4.69, 9.17) is 16.3 Å². The van der Waals surface area contributed by atoms with Crippen LogP contribution in [0, 0.1) is 5.92 Å². The lowest BCUT2D eigenvalue weighted by Gasteiger charge is -2.21. The van der Waals surface area contributed by atoms with Gasteiger partial charge in [0.1, 0.15) is 11.4 Å². The predicted molar refractivity (Wildman–Crippen MR) is 92.1 cm³/mol. The van der Waals surface area contributed by atoms with E-state index in [1.165, 1.54) is 11.3 Å². The summed E-state index contributed by atoms with van der Waals surface area (Å²) in [4.78, 5) is 26.8. The van der Waals surface area contributed by atoms with Crippen LogP contribution in [0.25, 0.3) is 10.1 Å². The van der Waals surface area contributed by atoms with E-state index < -0.39 is 0 Å². The average molecular weight is 352 g/mol. The molecule has 1 saturated carbocycles. The molecule has 1 fully saturated rings. The van der Waals surface area contributed by atoms with Crippen LogP contribution in [-0.4, -0.2) is 36.5 Å². The average Bonchev–Trinajstić information content (AvgIpc) is 3.29. The Labute approximate surface area is 144 Å². The highest BCUT2D eigenvalue weighted by Crippen LogP contribution is 2.37. The molecule has 1 aromatic heterocycles. The second-order valence-corrected chi connectivity index (χ2v) is 7.11. The van der Waals surface area contributed by atoms with Crippen LogP contribution in [-0.2, 0) is 9.53 Å². The molecule has 4 nitrogen and oxygen atoms in total. The van der Waals surface area contributed by atoms with Crippen LogP contribution >= 0.6 is 22.9 Å². The summed E-state index contributed by atoms with van der Waals surface area (Å²) in [6.45, 7) is 2.64. The summed E-state index contributed by atoms with van der Waals surface area (Å²) in [5, 5.41) is 1.35. The third kappa shape index (κ3) is 3.67. The largest absolute Gasteiger partial charge is 0.465 e. The molecule has 2 aromatic rings. The summed E-state index contributed by atoms with van der Waals surface area (Å²) >= 11 is 7.77. The van der Waals surface area contributed by atoms with Gasteiger partial charge in [0.15, 0.2) is 0 Å². The lowest BCUT2D eigenvalue weighted by Crippen LogP contribution is -2.37. The van der Waals surface area contributed by atoms with E-state index in [1.807, 2.05) is 24.3 Å². The fourth-order valence-corrected chi connectivity index (χ4v) is 3.97. The summed E-state index contributed by atoms with van der Waals surface area (Å²) in [7, 11) is 0. The van der Waals surface area contributed by atoms with E-state index in [-0.39, 0.29) is 18.4 Å². The van der Waals surface area contributed by atoms with Crippen molar-refractivity contribution in [3.63, 3.8) is 0 Å². The molecule has 0 atom stereocenters. The fourth-order valence-electron chi connectivity index (χ4n) is 2.49. The van der Waals surface area contributed by atoms with E-state index in [0.29, 0.717) is 29.0 Å². The van der Waals surface area contributed by atoms with Gasteiger partial charge in [-0.2, -0.15) is 0 Å². The molecule has 1 heterocycles. The highest BCUT2D eigenvalue weighted by Gasteiger charge is 2.30. The van der Waals surface area contributed by atoms with Gasteiger partial charge in [-0.15, -0.1) is 11.3 Å². The van der Waals surface area contributed by atoms with E-state index in [0.717, 1.165) is 22.9 Å². The van der Waals surface area contributed by atoms with E-state index >= 15 is 0 Å². The SMILES string of the molecule is CCOC(=O)CN(CC1CC1)C(=O)c1sc2ccccc2c1Cl. The molecule has 0 saturated heterocycles. The highest BCUT2D eigenvalue weighted by molar-refractivity contribution is 7.21. The van der Waals surface area contributed by atoms with Gasteiger partial charge in [-0.1, -0.05) is 29.8 Å². The number of carbonyl (C=O) groups is 2. The molecule has 122 valence electrons. The first-order valence-electron chi connectivity index (χ1n) is 7.72.